The largest absolute Gasteiger partial charge is 0.480 e. The van der Waals surface area contributed by atoms with Gasteiger partial charge < -0.3 is 15.1 Å². The fraction of sp³-hybridized carbons (Fsp3) is 0.333. The summed E-state index contributed by atoms with van der Waals surface area (Å²) in [6.07, 6.45) is -0.852. The maximum atomic E-state index is 12.3. The number of nitrogens with zero attached hydrogens (tertiary/aromatic N) is 1. The molecule has 0 bridgehead atoms. The highest BCUT2D eigenvalue weighted by Crippen LogP contribution is 2.29. The van der Waals surface area contributed by atoms with E-state index in [4.69, 9.17) is 28.3 Å². The van der Waals surface area contributed by atoms with Gasteiger partial charge in [0.2, 0.25) is 0 Å². The Labute approximate surface area is 119 Å². The molecule has 1 aliphatic rings. The second-order valence-electron chi connectivity index (χ2n) is 4.30. The van der Waals surface area contributed by atoms with Gasteiger partial charge in [0.15, 0.2) is 0 Å². The Hall–Kier alpha value is -1.30. The van der Waals surface area contributed by atoms with Crippen LogP contribution in [0.15, 0.2) is 18.2 Å². The maximum Gasteiger partial charge on any atom is 0.326 e. The molecule has 1 aromatic rings. The molecule has 0 spiro atoms. The molecule has 2 atom stereocenters. The van der Waals surface area contributed by atoms with Crippen LogP contribution in [0.2, 0.25) is 10.0 Å². The zero-order chi connectivity index (χ0) is 14.2. The first kappa shape index (κ1) is 14.1. The fourth-order valence-corrected chi connectivity index (χ4v) is 2.68. The average Bonchev–Trinajstić information content (AvgIpc) is 2.71. The highest BCUT2D eigenvalue weighted by Gasteiger charge is 2.40. The fourth-order valence-electron chi connectivity index (χ4n) is 2.12. The minimum atomic E-state index is -1.16. The quantitative estimate of drug-likeness (QED) is 0.871. The summed E-state index contributed by atoms with van der Waals surface area (Å²) in [6.45, 7) is -0.0443. The third kappa shape index (κ3) is 2.68. The number of likely N-dealkylation sites (tertiary alicyclic amines) is 1. The number of β-amino-alcohol motifs (C(OH)–C–C–N with tert-alkyl or cyclic N) is 1. The molecule has 2 rings (SSSR count). The second kappa shape index (κ2) is 5.36. The number of aliphatic hydroxyl groups excluding tert-OH is 1. The molecule has 19 heavy (non-hydrogen) atoms. The molecular weight excluding hydrogens is 293 g/mol. The Kier molecular flexibility index (Phi) is 3.99. The van der Waals surface area contributed by atoms with Crippen LogP contribution in [0.1, 0.15) is 16.8 Å². The lowest BCUT2D eigenvalue weighted by Gasteiger charge is -2.22. The van der Waals surface area contributed by atoms with Crippen molar-refractivity contribution in [2.75, 3.05) is 6.54 Å². The van der Waals surface area contributed by atoms with Gasteiger partial charge in [-0.3, -0.25) is 4.79 Å². The van der Waals surface area contributed by atoms with E-state index in [1.807, 2.05) is 0 Å². The van der Waals surface area contributed by atoms with Gasteiger partial charge in [0.1, 0.15) is 6.04 Å². The average molecular weight is 304 g/mol. The smallest absolute Gasteiger partial charge is 0.326 e. The van der Waals surface area contributed by atoms with Gasteiger partial charge in [0.05, 0.1) is 21.7 Å². The Morgan fingerprint density at radius 3 is 2.37 bits per heavy atom. The van der Waals surface area contributed by atoms with E-state index in [1.54, 1.807) is 6.07 Å². The Balaban J connectivity index is 2.36. The number of carbonyl (C=O) groups excluding carboxylic acids is 1. The van der Waals surface area contributed by atoms with Crippen LogP contribution in [0.4, 0.5) is 0 Å². The normalized spacial score (nSPS) is 22.6. The molecule has 1 heterocycles. The first-order chi connectivity index (χ1) is 8.91. The van der Waals surface area contributed by atoms with Crippen molar-refractivity contribution in [1.82, 2.24) is 4.90 Å². The van der Waals surface area contributed by atoms with E-state index in [-0.39, 0.29) is 28.6 Å². The van der Waals surface area contributed by atoms with E-state index >= 15 is 0 Å². The summed E-state index contributed by atoms with van der Waals surface area (Å²) in [4.78, 5) is 24.5. The molecule has 0 aliphatic carbocycles. The highest BCUT2D eigenvalue weighted by atomic mass is 35.5. The van der Waals surface area contributed by atoms with Crippen LogP contribution < -0.4 is 0 Å². The first-order valence-electron chi connectivity index (χ1n) is 5.57. The Morgan fingerprint density at radius 2 is 1.84 bits per heavy atom. The van der Waals surface area contributed by atoms with Gasteiger partial charge in [-0.1, -0.05) is 29.3 Å². The van der Waals surface area contributed by atoms with Gasteiger partial charge in [-0.05, 0) is 12.1 Å². The SMILES string of the molecule is O=C(O)[C@@H]1C[C@@H](O)CN1C(=O)c1c(Cl)cccc1Cl. The molecule has 1 aliphatic heterocycles. The molecule has 1 amide bonds. The molecule has 7 heteroatoms. The van der Waals surface area contributed by atoms with Crippen LogP contribution in [0.5, 0.6) is 0 Å². The zero-order valence-corrected chi connectivity index (χ0v) is 11.2. The number of benzene rings is 1. The van der Waals surface area contributed by atoms with E-state index in [0.29, 0.717) is 0 Å². The van der Waals surface area contributed by atoms with Gasteiger partial charge >= 0.3 is 5.97 Å². The summed E-state index contributed by atoms with van der Waals surface area (Å²) in [7, 11) is 0. The lowest BCUT2D eigenvalue weighted by molar-refractivity contribution is -0.141. The molecule has 0 saturated carbocycles. The number of aliphatic hydroxyl groups is 1. The van der Waals surface area contributed by atoms with Crippen molar-refractivity contribution in [3.05, 3.63) is 33.8 Å². The number of carboxylic acids is 1. The standard InChI is InChI=1S/C12H11Cl2NO4/c13-7-2-1-3-8(14)10(7)11(17)15-5-6(16)4-9(15)12(18)19/h1-3,6,9,16H,4-5H2,(H,18,19)/t6-,9+/m1/s1. The molecule has 1 fully saturated rings. The van der Waals surface area contributed by atoms with E-state index in [2.05, 4.69) is 0 Å². The van der Waals surface area contributed by atoms with Crippen LogP contribution in [-0.4, -0.2) is 45.7 Å². The predicted octanol–water partition coefficient (Wildman–Crippen LogP) is 1.65. The van der Waals surface area contributed by atoms with Crippen LogP contribution in [0.25, 0.3) is 0 Å². The molecule has 2 N–H and O–H groups in total. The van der Waals surface area contributed by atoms with E-state index in [0.717, 1.165) is 4.90 Å². The lowest BCUT2D eigenvalue weighted by Crippen LogP contribution is -2.40. The summed E-state index contributed by atoms with van der Waals surface area (Å²) in [5.74, 6) is -1.74. The van der Waals surface area contributed by atoms with Crippen molar-refractivity contribution >= 4 is 35.1 Å². The number of rotatable bonds is 2. The van der Waals surface area contributed by atoms with Crippen LogP contribution in [-0.2, 0) is 4.79 Å². The summed E-state index contributed by atoms with van der Waals surface area (Å²) in [5.41, 5.74) is 0.0613. The monoisotopic (exact) mass is 303 g/mol. The van der Waals surface area contributed by atoms with Crippen molar-refractivity contribution in [3.63, 3.8) is 0 Å². The van der Waals surface area contributed by atoms with Crippen molar-refractivity contribution in [1.29, 1.82) is 0 Å². The zero-order valence-electron chi connectivity index (χ0n) is 9.72. The number of halogens is 2. The minimum Gasteiger partial charge on any atom is -0.480 e. The van der Waals surface area contributed by atoms with Crippen molar-refractivity contribution < 1.29 is 19.8 Å². The summed E-state index contributed by atoms with van der Waals surface area (Å²) in [6, 6.07) is 3.54. The van der Waals surface area contributed by atoms with E-state index < -0.39 is 24.0 Å². The van der Waals surface area contributed by atoms with Crippen LogP contribution >= 0.6 is 23.2 Å². The highest BCUT2D eigenvalue weighted by molar-refractivity contribution is 6.39. The van der Waals surface area contributed by atoms with Gasteiger partial charge in [-0.15, -0.1) is 0 Å². The molecule has 0 radical (unpaired) electrons. The number of carboxylic acid groups (broad SMARTS) is 1. The third-order valence-corrected chi connectivity index (χ3v) is 3.63. The molecule has 1 saturated heterocycles. The summed E-state index contributed by atoms with van der Waals surface area (Å²) < 4.78 is 0. The summed E-state index contributed by atoms with van der Waals surface area (Å²) >= 11 is 11.8. The molecule has 0 unspecified atom stereocenters. The van der Waals surface area contributed by atoms with Gasteiger partial charge in [-0.2, -0.15) is 0 Å². The lowest BCUT2D eigenvalue weighted by atomic mass is 10.1. The predicted molar refractivity (Wildman–Crippen MR) is 69.5 cm³/mol. The van der Waals surface area contributed by atoms with Crippen LogP contribution in [0, 0.1) is 0 Å². The number of hydrogen-bond acceptors (Lipinski definition) is 3. The number of aliphatic carboxylic acids is 1. The molecule has 1 aromatic carbocycles. The van der Waals surface area contributed by atoms with Crippen molar-refractivity contribution in [2.45, 2.75) is 18.6 Å². The van der Waals surface area contributed by atoms with Crippen molar-refractivity contribution in [2.24, 2.45) is 0 Å². The topological polar surface area (TPSA) is 77.8 Å². The molecule has 5 nitrogen and oxygen atoms in total. The summed E-state index contributed by atoms with van der Waals surface area (Å²) in [5, 5.41) is 18.9. The number of carbonyl (C=O) groups is 2. The van der Waals surface area contributed by atoms with E-state index in [9.17, 15) is 14.7 Å². The van der Waals surface area contributed by atoms with Crippen LogP contribution in [0.3, 0.4) is 0 Å². The van der Waals surface area contributed by atoms with Gasteiger partial charge in [0.25, 0.3) is 5.91 Å². The second-order valence-corrected chi connectivity index (χ2v) is 5.11. The van der Waals surface area contributed by atoms with Gasteiger partial charge in [-0.25, -0.2) is 4.79 Å². The van der Waals surface area contributed by atoms with Crippen molar-refractivity contribution in [3.8, 4) is 0 Å². The Bertz CT molecular complexity index is 514. The Morgan fingerprint density at radius 1 is 1.26 bits per heavy atom. The maximum absolute atomic E-state index is 12.3. The minimum absolute atomic E-state index is 0.00312. The number of amides is 1. The molecule has 0 aromatic heterocycles. The molecular formula is C12H11Cl2NO4. The first-order valence-corrected chi connectivity index (χ1v) is 6.33. The number of hydrogen-bond donors (Lipinski definition) is 2. The van der Waals surface area contributed by atoms with E-state index in [1.165, 1.54) is 12.1 Å². The third-order valence-electron chi connectivity index (χ3n) is 3.00. The molecule has 102 valence electrons. The van der Waals surface area contributed by atoms with Gasteiger partial charge in [0, 0.05) is 13.0 Å².